The molecule has 1 aliphatic rings. The van der Waals surface area contributed by atoms with Gasteiger partial charge in [-0.25, -0.2) is 14.8 Å². The molecule has 0 saturated heterocycles. The van der Waals surface area contributed by atoms with Gasteiger partial charge in [-0.15, -0.1) is 0 Å². The fraction of sp³-hybridized carbons (Fsp3) is 0.600. The van der Waals surface area contributed by atoms with Crippen molar-refractivity contribution in [3.8, 4) is 0 Å². The maximum Gasteiger partial charge on any atom is 0.330 e. The number of imidazole rings is 2. The SMILES string of the molecule is CCCCn1c(=O)[nH]c(=O)c2c1nc(CN(C)CC1CCc3nccn3C1)n2C. The number of rotatable bonds is 7. The third-order valence-electron chi connectivity index (χ3n) is 5.85. The molecule has 0 aliphatic carbocycles. The van der Waals surface area contributed by atoms with Gasteiger partial charge < -0.3 is 9.13 Å². The molecule has 0 saturated carbocycles. The first kappa shape index (κ1) is 19.6. The summed E-state index contributed by atoms with van der Waals surface area (Å²) in [6.07, 6.45) is 7.89. The maximum atomic E-state index is 12.4. The number of nitrogens with zero attached hydrogens (tertiary/aromatic N) is 6. The molecule has 4 heterocycles. The Morgan fingerprint density at radius 1 is 1.34 bits per heavy atom. The molecule has 4 rings (SSSR count). The lowest BCUT2D eigenvalue weighted by molar-refractivity contribution is 0.224. The van der Waals surface area contributed by atoms with Crippen molar-refractivity contribution in [3.63, 3.8) is 0 Å². The Kier molecular flexibility index (Phi) is 5.40. The monoisotopic (exact) mass is 399 g/mol. The average Bonchev–Trinajstić information content (AvgIpc) is 3.26. The van der Waals surface area contributed by atoms with Crippen LogP contribution >= 0.6 is 0 Å². The lowest BCUT2D eigenvalue weighted by Gasteiger charge is -2.28. The van der Waals surface area contributed by atoms with E-state index in [2.05, 4.69) is 39.6 Å². The summed E-state index contributed by atoms with van der Waals surface area (Å²) in [6.45, 7) is 5.19. The highest BCUT2D eigenvalue weighted by Crippen LogP contribution is 2.20. The number of unbranched alkanes of at least 4 members (excludes halogenated alkanes) is 1. The molecule has 0 spiro atoms. The number of fused-ring (bicyclic) bond motifs is 2. The molecule has 1 aliphatic heterocycles. The number of H-pyrrole nitrogens is 1. The second-order valence-corrected chi connectivity index (χ2v) is 8.12. The first-order valence-electron chi connectivity index (χ1n) is 10.3. The molecule has 1 unspecified atom stereocenters. The van der Waals surface area contributed by atoms with E-state index in [9.17, 15) is 9.59 Å². The molecule has 9 nitrogen and oxygen atoms in total. The van der Waals surface area contributed by atoms with E-state index in [4.69, 9.17) is 4.98 Å². The Labute approximate surface area is 169 Å². The summed E-state index contributed by atoms with van der Waals surface area (Å²) in [5.74, 6) is 2.52. The van der Waals surface area contributed by atoms with Crippen LogP contribution in [0.3, 0.4) is 0 Å². The summed E-state index contributed by atoms with van der Waals surface area (Å²) in [6, 6.07) is 0. The van der Waals surface area contributed by atoms with Crippen molar-refractivity contribution in [2.24, 2.45) is 13.0 Å². The summed E-state index contributed by atoms with van der Waals surface area (Å²) in [5.41, 5.74) is 0.192. The van der Waals surface area contributed by atoms with Gasteiger partial charge in [-0.3, -0.25) is 19.2 Å². The van der Waals surface area contributed by atoms with Gasteiger partial charge >= 0.3 is 5.69 Å². The molecule has 0 bridgehead atoms. The number of hydrogen-bond acceptors (Lipinski definition) is 5. The number of aryl methyl sites for hydroxylation is 3. The quantitative estimate of drug-likeness (QED) is 0.642. The van der Waals surface area contributed by atoms with Gasteiger partial charge in [0.1, 0.15) is 11.6 Å². The molecule has 0 radical (unpaired) electrons. The van der Waals surface area contributed by atoms with E-state index in [0.717, 1.165) is 44.6 Å². The Bertz CT molecular complexity index is 1120. The molecule has 156 valence electrons. The van der Waals surface area contributed by atoms with E-state index in [1.165, 1.54) is 5.82 Å². The van der Waals surface area contributed by atoms with Crippen molar-refractivity contribution in [2.75, 3.05) is 13.6 Å². The zero-order valence-electron chi connectivity index (χ0n) is 17.4. The molecule has 0 fully saturated rings. The average molecular weight is 399 g/mol. The first-order valence-corrected chi connectivity index (χ1v) is 10.3. The van der Waals surface area contributed by atoms with E-state index in [0.29, 0.717) is 30.2 Å². The topological polar surface area (TPSA) is 93.7 Å². The van der Waals surface area contributed by atoms with Crippen molar-refractivity contribution in [1.29, 1.82) is 0 Å². The summed E-state index contributed by atoms with van der Waals surface area (Å²) >= 11 is 0. The molecule has 0 aromatic carbocycles. The normalized spacial score (nSPS) is 16.6. The molecule has 0 amide bonds. The summed E-state index contributed by atoms with van der Waals surface area (Å²) < 4.78 is 5.65. The van der Waals surface area contributed by atoms with Gasteiger partial charge in [-0.1, -0.05) is 13.3 Å². The fourth-order valence-corrected chi connectivity index (χ4v) is 4.29. The molecule has 1 N–H and O–H groups in total. The summed E-state index contributed by atoms with van der Waals surface area (Å²) in [5, 5.41) is 0. The molecule has 3 aromatic heterocycles. The Morgan fingerprint density at radius 2 is 2.17 bits per heavy atom. The van der Waals surface area contributed by atoms with E-state index < -0.39 is 0 Å². The Balaban J connectivity index is 1.55. The van der Waals surface area contributed by atoms with Gasteiger partial charge in [-0.05, 0) is 25.8 Å². The van der Waals surface area contributed by atoms with Gasteiger partial charge in [0.15, 0.2) is 11.2 Å². The van der Waals surface area contributed by atoms with E-state index in [1.54, 1.807) is 4.57 Å². The fourth-order valence-electron chi connectivity index (χ4n) is 4.29. The van der Waals surface area contributed by atoms with Crippen LogP contribution in [0.25, 0.3) is 11.2 Å². The first-order chi connectivity index (χ1) is 14.0. The van der Waals surface area contributed by atoms with Crippen LogP contribution in [0.2, 0.25) is 0 Å². The van der Waals surface area contributed by atoms with Gasteiger partial charge in [0.05, 0.1) is 6.54 Å². The third-order valence-corrected chi connectivity index (χ3v) is 5.85. The smallest absolute Gasteiger partial charge is 0.330 e. The molecule has 1 atom stereocenters. The molecule has 29 heavy (non-hydrogen) atoms. The number of aromatic amines is 1. The molecule has 9 heteroatoms. The van der Waals surface area contributed by atoms with Crippen LogP contribution in [-0.4, -0.2) is 47.1 Å². The van der Waals surface area contributed by atoms with Gasteiger partial charge in [0.25, 0.3) is 5.56 Å². The predicted molar refractivity (Wildman–Crippen MR) is 111 cm³/mol. The maximum absolute atomic E-state index is 12.4. The Hall–Kier alpha value is -2.68. The highest BCUT2D eigenvalue weighted by atomic mass is 16.2. The highest BCUT2D eigenvalue weighted by Gasteiger charge is 2.22. The third kappa shape index (κ3) is 3.78. The Morgan fingerprint density at radius 3 is 2.97 bits per heavy atom. The zero-order chi connectivity index (χ0) is 20.5. The predicted octanol–water partition coefficient (Wildman–Crippen LogP) is 1.11. The van der Waals surface area contributed by atoms with Crippen molar-refractivity contribution >= 4 is 11.2 Å². The zero-order valence-corrected chi connectivity index (χ0v) is 17.4. The van der Waals surface area contributed by atoms with Crippen molar-refractivity contribution in [3.05, 3.63) is 44.9 Å². The molecular weight excluding hydrogens is 370 g/mol. The van der Waals surface area contributed by atoms with Gasteiger partial charge in [0, 0.05) is 45.5 Å². The van der Waals surface area contributed by atoms with Crippen LogP contribution in [0.4, 0.5) is 0 Å². The minimum Gasteiger partial charge on any atom is -0.335 e. The molecular formula is C20H29N7O2. The van der Waals surface area contributed by atoms with Crippen LogP contribution in [-0.2, 0) is 33.1 Å². The summed E-state index contributed by atoms with van der Waals surface area (Å²) in [4.78, 5) is 38.5. The van der Waals surface area contributed by atoms with Crippen LogP contribution in [0.1, 0.15) is 37.8 Å². The van der Waals surface area contributed by atoms with Gasteiger partial charge in [0.2, 0.25) is 0 Å². The van der Waals surface area contributed by atoms with E-state index >= 15 is 0 Å². The number of hydrogen-bond donors (Lipinski definition) is 1. The largest absolute Gasteiger partial charge is 0.335 e. The van der Waals surface area contributed by atoms with Crippen molar-refractivity contribution in [1.82, 2.24) is 33.6 Å². The summed E-state index contributed by atoms with van der Waals surface area (Å²) in [7, 11) is 3.93. The minimum atomic E-state index is -0.382. The van der Waals surface area contributed by atoms with Crippen LogP contribution in [0.5, 0.6) is 0 Å². The van der Waals surface area contributed by atoms with Crippen molar-refractivity contribution < 1.29 is 0 Å². The van der Waals surface area contributed by atoms with Crippen LogP contribution < -0.4 is 11.2 Å². The van der Waals surface area contributed by atoms with Gasteiger partial charge in [-0.2, -0.15) is 0 Å². The van der Waals surface area contributed by atoms with Crippen LogP contribution in [0, 0.1) is 5.92 Å². The minimum absolute atomic E-state index is 0.374. The highest BCUT2D eigenvalue weighted by molar-refractivity contribution is 5.70. The van der Waals surface area contributed by atoms with Crippen LogP contribution in [0.15, 0.2) is 22.0 Å². The van der Waals surface area contributed by atoms with E-state index in [1.807, 2.05) is 17.8 Å². The lowest BCUT2D eigenvalue weighted by Crippen LogP contribution is -2.32. The number of aromatic nitrogens is 6. The standard InChI is InChI=1S/C20H29N7O2/c1-4-5-9-27-18-17(19(28)23-20(27)29)25(3)16(22-18)13-24(2)11-14-6-7-15-21-8-10-26(15)12-14/h8,10,14H,4-7,9,11-13H2,1-3H3,(H,23,28,29). The second-order valence-electron chi connectivity index (χ2n) is 8.12. The van der Waals surface area contributed by atoms with Crippen molar-refractivity contribution in [2.45, 2.75) is 52.2 Å². The number of nitrogens with one attached hydrogen (secondary N) is 1. The second kappa shape index (κ2) is 7.98. The lowest BCUT2D eigenvalue weighted by atomic mass is 9.99. The molecule has 3 aromatic rings. The van der Waals surface area contributed by atoms with E-state index in [-0.39, 0.29) is 11.2 Å².